The number of aromatic nitrogens is 3. The smallest absolute Gasteiger partial charge is 0.139 e. The molecule has 0 fully saturated rings. The zero-order chi connectivity index (χ0) is 15.5. The van der Waals surface area contributed by atoms with E-state index < -0.39 is 0 Å². The highest BCUT2D eigenvalue weighted by Crippen LogP contribution is 2.21. The van der Waals surface area contributed by atoms with Crippen LogP contribution in [0.25, 0.3) is 29.0 Å². The molecule has 0 radical (unpaired) electrons. The third-order valence-corrected chi connectivity index (χ3v) is 3.69. The van der Waals surface area contributed by atoms with Crippen LogP contribution in [-0.2, 0) is 0 Å². The van der Waals surface area contributed by atoms with Crippen molar-refractivity contribution in [2.24, 2.45) is 0 Å². The lowest BCUT2D eigenvalue weighted by Gasteiger charge is -2.05. The summed E-state index contributed by atoms with van der Waals surface area (Å²) in [6.45, 7) is 0. The van der Waals surface area contributed by atoms with Crippen LogP contribution in [-0.4, -0.2) is 14.5 Å². The van der Waals surface area contributed by atoms with Crippen molar-refractivity contribution in [2.45, 2.75) is 0 Å². The van der Waals surface area contributed by atoms with Gasteiger partial charge in [-0.1, -0.05) is 54.6 Å². The molecule has 4 rings (SSSR count). The van der Waals surface area contributed by atoms with Crippen LogP contribution in [0.1, 0.15) is 11.4 Å². The normalized spacial score (nSPS) is 11.3. The molecule has 3 heteroatoms. The summed E-state index contributed by atoms with van der Waals surface area (Å²) in [5, 5.41) is 0. The molecule has 0 bridgehead atoms. The number of fused-ring (bicyclic) bond motifs is 1. The topological polar surface area (TPSA) is 30.7 Å². The van der Waals surface area contributed by atoms with E-state index in [4.69, 9.17) is 4.98 Å². The van der Waals surface area contributed by atoms with Crippen molar-refractivity contribution in [1.82, 2.24) is 14.5 Å². The molecule has 3 nitrogen and oxygen atoms in total. The highest BCUT2D eigenvalue weighted by molar-refractivity contribution is 5.81. The fourth-order valence-electron chi connectivity index (χ4n) is 2.62. The molecule has 4 aromatic rings. The van der Waals surface area contributed by atoms with Crippen LogP contribution in [0.5, 0.6) is 0 Å². The van der Waals surface area contributed by atoms with Gasteiger partial charge in [0.05, 0.1) is 11.0 Å². The number of imidazole rings is 1. The summed E-state index contributed by atoms with van der Waals surface area (Å²) in [6.07, 6.45) is 5.90. The molecule has 0 aliphatic rings. The fraction of sp³-hybridized carbons (Fsp3) is 0. The molecule has 0 aliphatic heterocycles. The lowest BCUT2D eigenvalue weighted by molar-refractivity contribution is 1.01. The highest BCUT2D eigenvalue weighted by atomic mass is 15.1. The van der Waals surface area contributed by atoms with Crippen molar-refractivity contribution in [2.75, 3.05) is 0 Å². The predicted molar refractivity (Wildman–Crippen MR) is 94.2 cm³/mol. The highest BCUT2D eigenvalue weighted by Gasteiger charge is 2.10. The van der Waals surface area contributed by atoms with Gasteiger partial charge in [-0.2, -0.15) is 0 Å². The Hall–Kier alpha value is -3.20. The Bertz CT molecular complexity index is 954. The maximum Gasteiger partial charge on any atom is 0.139 e. The van der Waals surface area contributed by atoms with Gasteiger partial charge in [0.1, 0.15) is 11.6 Å². The van der Waals surface area contributed by atoms with Gasteiger partial charge >= 0.3 is 0 Å². The van der Waals surface area contributed by atoms with E-state index in [-0.39, 0.29) is 0 Å². The summed E-state index contributed by atoms with van der Waals surface area (Å²) >= 11 is 0. The minimum absolute atomic E-state index is 0.869. The average Bonchev–Trinajstić information content (AvgIpc) is 3.00. The number of pyridine rings is 1. The van der Waals surface area contributed by atoms with Gasteiger partial charge in [-0.05, 0) is 35.9 Å². The van der Waals surface area contributed by atoms with E-state index >= 15 is 0 Å². The van der Waals surface area contributed by atoms with E-state index in [1.807, 2.05) is 60.7 Å². The summed E-state index contributed by atoms with van der Waals surface area (Å²) in [7, 11) is 0. The molecule has 110 valence electrons. The molecular weight excluding hydrogens is 282 g/mol. The van der Waals surface area contributed by atoms with E-state index in [9.17, 15) is 0 Å². The number of hydrogen-bond donors (Lipinski definition) is 0. The van der Waals surface area contributed by atoms with E-state index in [2.05, 4.69) is 33.8 Å². The van der Waals surface area contributed by atoms with Gasteiger partial charge < -0.3 is 0 Å². The minimum atomic E-state index is 0.869. The van der Waals surface area contributed by atoms with Gasteiger partial charge in [-0.25, -0.2) is 9.97 Å². The van der Waals surface area contributed by atoms with Gasteiger partial charge in [0.2, 0.25) is 0 Å². The van der Waals surface area contributed by atoms with Crippen molar-refractivity contribution >= 4 is 23.2 Å². The minimum Gasteiger partial charge on any atom is -0.277 e. The molecule has 0 aliphatic carbocycles. The SMILES string of the molecule is C(=Cc1nc2ccccc2n1-c1ccccn1)c1ccccc1. The first-order chi connectivity index (χ1) is 11.4. The summed E-state index contributed by atoms with van der Waals surface area (Å²) < 4.78 is 2.08. The van der Waals surface area contributed by atoms with Crippen LogP contribution in [0, 0.1) is 0 Å². The second-order valence-corrected chi connectivity index (χ2v) is 5.23. The zero-order valence-electron chi connectivity index (χ0n) is 12.5. The first-order valence-electron chi connectivity index (χ1n) is 7.54. The lowest BCUT2D eigenvalue weighted by atomic mass is 10.2. The third kappa shape index (κ3) is 2.64. The van der Waals surface area contributed by atoms with E-state index in [0.29, 0.717) is 0 Å². The molecule has 0 saturated heterocycles. The molecule has 2 heterocycles. The molecule has 0 saturated carbocycles. The van der Waals surface area contributed by atoms with Gasteiger partial charge in [0, 0.05) is 6.20 Å². The van der Waals surface area contributed by atoms with Crippen molar-refractivity contribution in [3.8, 4) is 5.82 Å². The second-order valence-electron chi connectivity index (χ2n) is 5.23. The lowest BCUT2D eigenvalue weighted by Crippen LogP contribution is -1.99. The van der Waals surface area contributed by atoms with Crippen molar-refractivity contribution in [3.63, 3.8) is 0 Å². The second kappa shape index (κ2) is 5.89. The van der Waals surface area contributed by atoms with Crippen LogP contribution >= 0.6 is 0 Å². The largest absolute Gasteiger partial charge is 0.277 e. The van der Waals surface area contributed by atoms with Crippen molar-refractivity contribution in [1.29, 1.82) is 0 Å². The predicted octanol–water partition coefficient (Wildman–Crippen LogP) is 4.59. The van der Waals surface area contributed by atoms with E-state index in [0.717, 1.165) is 28.2 Å². The molecule has 0 N–H and O–H groups in total. The Labute approximate surface area is 134 Å². The van der Waals surface area contributed by atoms with E-state index in [1.54, 1.807) is 6.20 Å². The van der Waals surface area contributed by atoms with Gasteiger partial charge in [0.25, 0.3) is 0 Å². The maximum absolute atomic E-state index is 4.74. The van der Waals surface area contributed by atoms with Crippen LogP contribution in [0.15, 0.2) is 79.0 Å². The Morgan fingerprint density at radius 3 is 2.35 bits per heavy atom. The van der Waals surface area contributed by atoms with Gasteiger partial charge in [-0.3, -0.25) is 4.57 Å². The van der Waals surface area contributed by atoms with Gasteiger partial charge in [0.15, 0.2) is 0 Å². The summed E-state index contributed by atoms with van der Waals surface area (Å²) in [5.74, 6) is 1.74. The molecule has 0 amide bonds. The molecule has 0 atom stereocenters. The quantitative estimate of drug-likeness (QED) is 0.553. The zero-order valence-corrected chi connectivity index (χ0v) is 12.5. The molecular formula is C20H15N3. The Morgan fingerprint density at radius 2 is 1.52 bits per heavy atom. The van der Waals surface area contributed by atoms with Crippen LogP contribution < -0.4 is 0 Å². The average molecular weight is 297 g/mol. The maximum atomic E-state index is 4.74. The Kier molecular flexibility index (Phi) is 3.45. The molecule has 2 aromatic carbocycles. The fourth-order valence-corrected chi connectivity index (χ4v) is 2.62. The molecule has 0 unspecified atom stereocenters. The summed E-state index contributed by atoms with van der Waals surface area (Å²) in [6, 6.07) is 24.2. The first kappa shape index (κ1) is 13.5. The van der Waals surface area contributed by atoms with Crippen molar-refractivity contribution in [3.05, 3.63) is 90.4 Å². The van der Waals surface area contributed by atoms with Gasteiger partial charge in [-0.15, -0.1) is 0 Å². The molecule has 0 spiro atoms. The summed E-state index contributed by atoms with van der Waals surface area (Å²) in [5.41, 5.74) is 3.16. The van der Waals surface area contributed by atoms with E-state index in [1.165, 1.54) is 0 Å². The summed E-state index contributed by atoms with van der Waals surface area (Å²) in [4.78, 5) is 9.22. The number of para-hydroxylation sites is 2. The number of rotatable bonds is 3. The molecule has 23 heavy (non-hydrogen) atoms. The number of benzene rings is 2. The van der Waals surface area contributed by atoms with Crippen LogP contribution in [0.4, 0.5) is 0 Å². The number of nitrogens with zero attached hydrogens (tertiary/aromatic N) is 3. The first-order valence-corrected chi connectivity index (χ1v) is 7.54. The third-order valence-electron chi connectivity index (χ3n) is 3.69. The van der Waals surface area contributed by atoms with Crippen LogP contribution in [0.2, 0.25) is 0 Å². The van der Waals surface area contributed by atoms with Crippen molar-refractivity contribution < 1.29 is 0 Å². The Balaban J connectivity index is 1.88. The monoisotopic (exact) mass is 297 g/mol. The molecule has 2 aromatic heterocycles. The van der Waals surface area contributed by atoms with Crippen LogP contribution in [0.3, 0.4) is 0 Å². The standard InChI is InChI=1S/C20H15N3/c1-2-8-16(9-3-1)13-14-20-22-17-10-4-5-11-18(17)23(20)19-12-6-7-15-21-19/h1-15H. The Morgan fingerprint density at radius 1 is 0.739 bits per heavy atom. The number of hydrogen-bond acceptors (Lipinski definition) is 2.